The molecule has 0 N–H and O–H groups in total. The average molecular weight is 697 g/mol. The number of hydrogen-bond acceptors (Lipinski definition) is 6. The number of para-hydroxylation sites is 1. The van der Waals surface area contributed by atoms with Crippen LogP contribution in [0, 0.1) is 0 Å². The second-order valence-corrected chi connectivity index (χ2v) is 14.7. The van der Waals surface area contributed by atoms with Gasteiger partial charge in [-0.3, -0.25) is 9.47 Å². The molecule has 2 amide bonds. The first-order chi connectivity index (χ1) is 24.8. The lowest BCUT2D eigenvalue weighted by Crippen LogP contribution is -2.46. The number of nitrogens with zero attached hydrogens (tertiary/aromatic N) is 4. The van der Waals surface area contributed by atoms with Crippen molar-refractivity contribution in [3.63, 3.8) is 0 Å². The molecule has 6 rings (SSSR count). The van der Waals surface area contributed by atoms with E-state index in [1.165, 1.54) is 14.5 Å². The zero-order valence-electron chi connectivity index (χ0n) is 30.4. The highest BCUT2D eigenvalue weighted by molar-refractivity contribution is 6.13. The maximum atomic E-state index is 14.8. The number of urea groups is 1. The Morgan fingerprint density at radius 1 is 0.750 bits per heavy atom. The van der Waals surface area contributed by atoms with Gasteiger partial charge in [-0.05, 0) is 59.2 Å². The Morgan fingerprint density at radius 3 is 1.87 bits per heavy atom. The van der Waals surface area contributed by atoms with E-state index in [9.17, 15) is 14.4 Å². The largest absolute Gasteiger partial charge is 0.458 e. The van der Waals surface area contributed by atoms with Crippen molar-refractivity contribution < 1.29 is 23.9 Å². The minimum absolute atomic E-state index is 0.0576. The summed E-state index contributed by atoms with van der Waals surface area (Å²) in [4.78, 5) is 43.8. The third-order valence-corrected chi connectivity index (χ3v) is 8.28. The van der Waals surface area contributed by atoms with E-state index in [0.717, 1.165) is 22.1 Å². The van der Waals surface area contributed by atoms with Gasteiger partial charge in [-0.2, -0.15) is 5.10 Å². The highest BCUT2D eigenvalue weighted by Gasteiger charge is 2.43. The summed E-state index contributed by atoms with van der Waals surface area (Å²) in [6.07, 6.45) is 3.24. The number of hydrazone groups is 1. The molecule has 5 aromatic rings. The minimum Gasteiger partial charge on any atom is -0.458 e. The lowest BCUT2D eigenvalue weighted by Gasteiger charge is -2.30. The summed E-state index contributed by atoms with van der Waals surface area (Å²) in [5.74, 6) is -0.538. The van der Waals surface area contributed by atoms with Crippen molar-refractivity contribution in [2.45, 2.75) is 65.2 Å². The van der Waals surface area contributed by atoms with Gasteiger partial charge < -0.3 is 9.47 Å². The lowest BCUT2D eigenvalue weighted by molar-refractivity contribution is -0.159. The van der Waals surface area contributed by atoms with Crippen molar-refractivity contribution in [3.8, 4) is 0 Å². The van der Waals surface area contributed by atoms with E-state index < -0.39 is 35.3 Å². The molecule has 266 valence electrons. The summed E-state index contributed by atoms with van der Waals surface area (Å²) in [6, 6.07) is 34.9. The van der Waals surface area contributed by atoms with Gasteiger partial charge in [0.05, 0.1) is 17.8 Å². The van der Waals surface area contributed by atoms with Crippen molar-refractivity contribution in [1.29, 1.82) is 0 Å². The van der Waals surface area contributed by atoms with E-state index in [0.29, 0.717) is 22.5 Å². The molecule has 2 heterocycles. The Morgan fingerprint density at radius 2 is 1.29 bits per heavy atom. The van der Waals surface area contributed by atoms with E-state index in [2.05, 4.69) is 0 Å². The zero-order valence-corrected chi connectivity index (χ0v) is 30.4. The molecule has 1 aliphatic rings. The van der Waals surface area contributed by atoms with Crippen molar-refractivity contribution >= 4 is 40.8 Å². The number of hydrogen-bond donors (Lipinski definition) is 0. The summed E-state index contributed by atoms with van der Waals surface area (Å²) >= 11 is 0. The molecule has 0 aliphatic carbocycles. The Bertz CT molecular complexity index is 2080. The molecule has 9 nitrogen and oxygen atoms in total. The summed E-state index contributed by atoms with van der Waals surface area (Å²) in [5.41, 5.74) is 3.47. The topological polar surface area (TPSA) is 93.4 Å². The van der Waals surface area contributed by atoms with Crippen LogP contribution in [0.5, 0.6) is 0 Å². The first-order valence-corrected chi connectivity index (χ1v) is 17.4. The quantitative estimate of drug-likeness (QED) is 0.119. The Kier molecular flexibility index (Phi) is 10.1. The maximum absolute atomic E-state index is 14.8. The molecule has 0 radical (unpaired) electrons. The van der Waals surface area contributed by atoms with Crippen LogP contribution < -0.4 is 0 Å². The third kappa shape index (κ3) is 8.32. The predicted octanol–water partition coefficient (Wildman–Crippen LogP) is 8.91. The minimum atomic E-state index is -1.02. The smallest absolute Gasteiger partial charge is 0.419 e. The SMILES string of the molecule is CC(C)(C)OC(=O)[C@@H](Cc1ccccc1)N1C(=O)N(N=C(c2ccccc2)c2ccccc2)C/C1=C/c1cn(C(=O)OC(C)(C)C)c2ccccc12. The summed E-state index contributed by atoms with van der Waals surface area (Å²) < 4.78 is 13.2. The standard InChI is InChI=1S/C43H44N4O5/c1-42(2,3)51-39(48)37(26-30-18-10-7-11-19-30)47-34(27-33-28-45(41(50)52-43(4,5)6)36-25-17-16-24-35(33)36)29-46(40(47)49)44-38(31-20-12-8-13-21-31)32-22-14-9-15-23-32/h7-25,27-28,37H,26,29H2,1-6H3/b34-27-/t37-/m1/s1. The van der Waals surface area contributed by atoms with Crippen LogP contribution in [-0.4, -0.2) is 62.1 Å². The zero-order chi connectivity index (χ0) is 37.0. The number of esters is 1. The van der Waals surface area contributed by atoms with Gasteiger partial charge in [-0.15, -0.1) is 0 Å². The first kappa shape index (κ1) is 35.9. The molecule has 52 heavy (non-hydrogen) atoms. The number of amides is 2. The van der Waals surface area contributed by atoms with Gasteiger partial charge in [0, 0.05) is 40.4 Å². The van der Waals surface area contributed by atoms with E-state index in [1.807, 2.05) is 142 Å². The Hall–Kier alpha value is -5.96. The fourth-order valence-electron chi connectivity index (χ4n) is 6.12. The number of aromatic nitrogens is 1. The van der Waals surface area contributed by atoms with Crippen LogP contribution in [0.15, 0.2) is 132 Å². The highest BCUT2D eigenvalue weighted by Crippen LogP contribution is 2.32. The number of benzene rings is 4. The second-order valence-electron chi connectivity index (χ2n) is 14.7. The third-order valence-electron chi connectivity index (χ3n) is 8.28. The molecule has 0 bridgehead atoms. The number of fused-ring (bicyclic) bond motifs is 1. The van der Waals surface area contributed by atoms with Crippen molar-refractivity contribution in [3.05, 3.63) is 149 Å². The number of rotatable bonds is 8. The van der Waals surface area contributed by atoms with Gasteiger partial charge in [-0.25, -0.2) is 19.4 Å². The molecule has 0 spiro atoms. The maximum Gasteiger partial charge on any atom is 0.419 e. The summed E-state index contributed by atoms with van der Waals surface area (Å²) in [6.45, 7) is 10.9. The van der Waals surface area contributed by atoms with Gasteiger partial charge in [0.25, 0.3) is 0 Å². The molecule has 1 saturated heterocycles. The molecule has 1 aliphatic heterocycles. The molecule has 1 aromatic heterocycles. The van der Waals surface area contributed by atoms with Crippen LogP contribution in [0.1, 0.15) is 63.8 Å². The lowest BCUT2D eigenvalue weighted by atomic mass is 10.0. The predicted molar refractivity (Wildman–Crippen MR) is 204 cm³/mol. The molecule has 0 unspecified atom stereocenters. The molecule has 9 heteroatoms. The average Bonchev–Trinajstić information content (AvgIpc) is 3.62. The van der Waals surface area contributed by atoms with E-state index in [-0.39, 0.29) is 13.0 Å². The first-order valence-electron chi connectivity index (χ1n) is 17.4. The monoisotopic (exact) mass is 696 g/mol. The fourth-order valence-corrected chi connectivity index (χ4v) is 6.12. The summed E-state index contributed by atoms with van der Waals surface area (Å²) in [7, 11) is 0. The molecule has 1 atom stereocenters. The van der Waals surface area contributed by atoms with Crippen LogP contribution in [-0.2, 0) is 20.7 Å². The van der Waals surface area contributed by atoms with Crippen LogP contribution >= 0.6 is 0 Å². The van der Waals surface area contributed by atoms with Crippen LogP contribution in [0.4, 0.5) is 9.59 Å². The van der Waals surface area contributed by atoms with E-state index in [4.69, 9.17) is 14.6 Å². The molecular formula is C43H44N4O5. The number of carbonyl (C=O) groups is 3. The van der Waals surface area contributed by atoms with E-state index in [1.54, 1.807) is 27.0 Å². The van der Waals surface area contributed by atoms with Gasteiger partial charge >= 0.3 is 18.1 Å². The fraction of sp³-hybridized carbons (Fsp3) is 0.256. The van der Waals surface area contributed by atoms with Crippen LogP contribution in [0.3, 0.4) is 0 Å². The molecule has 1 fully saturated rings. The van der Waals surface area contributed by atoms with Crippen LogP contribution in [0.25, 0.3) is 17.0 Å². The van der Waals surface area contributed by atoms with Crippen LogP contribution in [0.2, 0.25) is 0 Å². The summed E-state index contributed by atoms with van der Waals surface area (Å²) in [5, 5.41) is 7.16. The Labute approximate surface area is 304 Å². The number of ether oxygens (including phenoxy) is 2. The van der Waals surface area contributed by atoms with Crippen molar-refractivity contribution in [2.24, 2.45) is 5.10 Å². The van der Waals surface area contributed by atoms with Gasteiger partial charge in [0.15, 0.2) is 0 Å². The second kappa shape index (κ2) is 14.7. The van der Waals surface area contributed by atoms with Gasteiger partial charge in [-0.1, -0.05) is 109 Å². The highest BCUT2D eigenvalue weighted by atomic mass is 16.6. The molecule has 4 aromatic carbocycles. The van der Waals surface area contributed by atoms with E-state index >= 15 is 0 Å². The van der Waals surface area contributed by atoms with Gasteiger partial charge in [0.2, 0.25) is 0 Å². The molecular weight excluding hydrogens is 652 g/mol. The van der Waals surface area contributed by atoms with Crippen molar-refractivity contribution in [2.75, 3.05) is 6.54 Å². The Balaban J connectivity index is 1.52. The number of carbonyl (C=O) groups excluding carboxylic acids is 3. The van der Waals surface area contributed by atoms with Gasteiger partial charge in [0.1, 0.15) is 17.2 Å². The normalized spacial score (nSPS) is 14.8. The van der Waals surface area contributed by atoms with Crippen molar-refractivity contribution in [1.82, 2.24) is 14.5 Å². The molecule has 0 saturated carbocycles.